The first-order chi connectivity index (χ1) is 20.5. The smallest absolute Gasteiger partial charge is 0.251 e. The summed E-state index contributed by atoms with van der Waals surface area (Å²) in [5.74, 6) is 6.00. The minimum Gasteiger partial charge on any atom is -0.491 e. The number of carbonyl (C=O) groups excluding carboxylic acids is 2. The molecule has 1 aromatic carbocycles. The summed E-state index contributed by atoms with van der Waals surface area (Å²) >= 11 is 0. The van der Waals surface area contributed by atoms with E-state index in [0.29, 0.717) is 82.9 Å². The van der Waals surface area contributed by atoms with Gasteiger partial charge in [0, 0.05) is 55.6 Å². The van der Waals surface area contributed by atoms with Crippen LogP contribution in [0.5, 0.6) is 5.75 Å². The molecule has 0 aliphatic rings. The summed E-state index contributed by atoms with van der Waals surface area (Å²) < 4.78 is 27.5. The van der Waals surface area contributed by atoms with Gasteiger partial charge in [0.2, 0.25) is 5.91 Å². The molecule has 42 heavy (non-hydrogen) atoms. The molecule has 0 spiro atoms. The fourth-order valence-electron chi connectivity index (χ4n) is 3.26. The van der Waals surface area contributed by atoms with Crippen molar-refractivity contribution in [2.24, 2.45) is 5.11 Å². The zero-order chi connectivity index (χ0) is 30.7. The standard InChI is InChI=1S/C29H46N6O7/c1-4-5-6-15-38-17-14-32-27(36)11-8-16-39-18-19-40-20-21-41-28(34-35-30)23-42-26-10-7-9-25(22-26)29(37)33-13-12-31-24(2)3/h7,9-10,22,24,28,31H,4,8,11-21,23H2,1-3H3,(H,32,36)(H,33,37). The highest BCUT2D eigenvalue weighted by Gasteiger charge is 2.10. The number of benzene rings is 1. The minimum atomic E-state index is -0.859. The monoisotopic (exact) mass is 590 g/mol. The number of rotatable bonds is 24. The molecule has 1 atom stereocenters. The first kappa shape index (κ1) is 36.7. The summed E-state index contributed by atoms with van der Waals surface area (Å²) in [6.07, 6.45) is 0.925. The number of azide groups is 1. The molecule has 0 fully saturated rings. The van der Waals surface area contributed by atoms with Crippen LogP contribution in [0.4, 0.5) is 0 Å². The third-order valence-corrected chi connectivity index (χ3v) is 5.28. The summed E-state index contributed by atoms with van der Waals surface area (Å²) in [5.41, 5.74) is 9.30. The summed E-state index contributed by atoms with van der Waals surface area (Å²) in [5, 5.41) is 12.5. The van der Waals surface area contributed by atoms with Crippen molar-refractivity contribution in [3.8, 4) is 17.6 Å². The van der Waals surface area contributed by atoms with Crippen LogP contribution >= 0.6 is 0 Å². The predicted molar refractivity (Wildman–Crippen MR) is 159 cm³/mol. The van der Waals surface area contributed by atoms with Crippen LogP contribution in [-0.4, -0.2) is 96.6 Å². The van der Waals surface area contributed by atoms with Crippen molar-refractivity contribution in [3.05, 3.63) is 40.3 Å². The van der Waals surface area contributed by atoms with Crippen molar-refractivity contribution < 1.29 is 33.3 Å². The van der Waals surface area contributed by atoms with E-state index < -0.39 is 6.23 Å². The maximum absolute atomic E-state index is 12.4. The molecule has 1 aromatic rings. The maximum atomic E-state index is 12.4. The molecule has 0 heterocycles. The van der Waals surface area contributed by atoms with Crippen LogP contribution in [0.25, 0.3) is 10.4 Å². The molecule has 2 amide bonds. The lowest BCUT2D eigenvalue weighted by atomic mass is 10.2. The third-order valence-electron chi connectivity index (χ3n) is 5.28. The Balaban J connectivity index is 2.12. The summed E-state index contributed by atoms with van der Waals surface area (Å²) in [4.78, 5) is 26.9. The van der Waals surface area contributed by atoms with E-state index in [9.17, 15) is 9.59 Å². The third kappa shape index (κ3) is 20.5. The Morgan fingerprint density at radius 1 is 0.976 bits per heavy atom. The second-order valence-corrected chi connectivity index (χ2v) is 9.17. The molecule has 13 nitrogen and oxygen atoms in total. The van der Waals surface area contributed by atoms with Crippen molar-refractivity contribution in [3.63, 3.8) is 0 Å². The molecule has 0 aliphatic heterocycles. The van der Waals surface area contributed by atoms with Gasteiger partial charge in [0.25, 0.3) is 5.91 Å². The average Bonchev–Trinajstić information content (AvgIpc) is 2.98. The lowest BCUT2D eigenvalue weighted by molar-refractivity contribution is -0.121. The molecule has 13 heteroatoms. The van der Waals surface area contributed by atoms with Gasteiger partial charge in [-0.1, -0.05) is 37.9 Å². The van der Waals surface area contributed by atoms with Crippen molar-refractivity contribution in [1.82, 2.24) is 16.0 Å². The Bertz CT molecular complexity index is 992. The van der Waals surface area contributed by atoms with Crippen molar-refractivity contribution in [1.29, 1.82) is 0 Å². The Kier molecular flexibility index (Phi) is 22.1. The van der Waals surface area contributed by atoms with Gasteiger partial charge in [0.1, 0.15) is 19.0 Å². The van der Waals surface area contributed by atoms with Crippen LogP contribution in [-0.2, 0) is 23.7 Å². The van der Waals surface area contributed by atoms with E-state index in [4.69, 9.17) is 29.2 Å². The van der Waals surface area contributed by atoms with Gasteiger partial charge < -0.3 is 39.6 Å². The molecule has 0 bridgehead atoms. The van der Waals surface area contributed by atoms with Gasteiger partial charge in [0.05, 0.1) is 33.0 Å². The Morgan fingerprint density at radius 3 is 2.52 bits per heavy atom. The highest BCUT2D eigenvalue weighted by molar-refractivity contribution is 5.94. The number of nitrogens with one attached hydrogen (secondary N) is 3. The van der Waals surface area contributed by atoms with Crippen LogP contribution < -0.4 is 20.7 Å². The molecule has 0 aliphatic carbocycles. The van der Waals surface area contributed by atoms with E-state index in [-0.39, 0.29) is 31.6 Å². The van der Waals surface area contributed by atoms with Crippen molar-refractivity contribution in [2.45, 2.75) is 52.3 Å². The SMILES string of the molecule is CCC#CCOCCNC(=O)CCCOCCOCCOC(COc1cccc(C(=O)NCCNC(C)C)c1)N=[N+]=[N-]. The van der Waals surface area contributed by atoms with Gasteiger partial charge in [-0.3, -0.25) is 9.59 Å². The van der Waals surface area contributed by atoms with E-state index in [2.05, 4.69) is 37.8 Å². The lowest BCUT2D eigenvalue weighted by Gasteiger charge is -2.15. The second-order valence-electron chi connectivity index (χ2n) is 9.17. The van der Waals surface area contributed by atoms with Gasteiger partial charge in [-0.2, -0.15) is 0 Å². The summed E-state index contributed by atoms with van der Waals surface area (Å²) in [6, 6.07) is 7.09. The van der Waals surface area contributed by atoms with E-state index in [1.807, 2.05) is 20.8 Å². The minimum absolute atomic E-state index is 0.0230. The fourth-order valence-corrected chi connectivity index (χ4v) is 3.26. The average molecular weight is 591 g/mol. The van der Waals surface area contributed by atoms with Gasteiger partial charge in [-0.15, -0.1) is 5.92 Å². The first-order valence-electron chi connectivity index (χ1n) is 14.3. The van der Waals surface area contributed by atoms with E-state index in [1.54, 1.807) is 24.3 Å². The van der Waals surface area contributed by atoms with Crippen molar-refractivity contribution >= 4 is 11.8 Å². The van der Waals surface area contributed by atoms with Crippen LogP contribution in [0.15, 0.2) is 29.4 Å². The Labute approximate surface area is 248 Å². The Morgan fingerprint density at radius 2 is 1.76 bits per heavy atom. The molecule has 0 radical (unpaired) electrons. The topological polar surface area (TPSA) is 165 Å². The second kappa shape index (κ2) is 25.3. The number of hydrogen-bond donors (Lipinski definition) is 3. The highest BCUT2D eigenvalue weighted by Crippen LogP contribution is 2.14. The number of amides is 2. The fraction of sp³-hybridized carbons (Fsp3) is 0.655. The van der Waals surface area contributed by atoms with Gasteiger partial charge in [-0.05, 0) is 30.2 Å². The molecule has 1 unspecified atom stereocenters. The Hall–Kier alpha value is -3.37. The number of carbonyl (C=O) groups is 2. The summed E-state index contributed by atoms with van der Waals surface area (Å²) in [7, 11) is 0. The predicted octanol–water partition coefficient (Wildman–Crippen LogP) is 2.81. The van der Waals surface area contributed by atoms with Gasteiger partial charge in [-0.25, -0.2) is 0 Å². The van der Waals surface area contributed by atoms with Crippen LogP contribution in [0, 0.1) is 11.8 Å². The highest BCUT2D eigenvalue weighted by atomic mass is 16.6. The normalized spacial score (nSPS) is 11.2. The number of hydrogen-bond acceptors (Lipinski definition) is 9. The molecule has 234 valence electrons. The first-order valence-corrected chi connectivity index (χ1v) is 14.3. The van der Waals surface area contributed by atoms with E-state index in [0.717, 1.165) is 6.42 Å². The quantitative estimate of drug-likeness (QED) is 0.0544. The molecular formula is C29H46N6O7. The zero-order valence-electron chi connectivity index (χ0n) is 25.1. The van der Waals surface area contributed by atoms with Gasteiger partial charge >= 0.3 is 0 Å². The molecule has 0 aromatic heterocycles. The molecule has 3 N–H and O–H groups in total. The largest absolute Gasteiger partial charge is 0.491 e. The number of ether oxygens (including phenoxy) is 5. The van der Waals surface area contributed by atoms with Gasteiger partial charge in [0.15, 0.2) is 6.23 Å². The van der Waals surface area contributed by atoms with E-state index >= 15 is 0 Å². The molecule has 0 saturated carbocycles. The van der Waals surface area contributed by atoms with Crippen LogP contribution in [0.2, 0.25) is 0 Å². The molecule has 0 saturated heterocycles. The maximum Gasteiger partial charge on any atom is 0.251 e. The van der Waals surface area contributed by atoms with Crippen LogP contribution in [0.3, 0.4) is 0 Å². The zero-order valence-corrected chi connectivity index (χ0v) is 25.1. The van der Waals surface area contributed by atoms with Crippen LogP contribution in [0.1, 0.15) is 50.4 Å². The summed E-state index contributed by atoms with van der Waals surface area (Å²) in [6.45, 7) is 10.1. The van der Waals surface area contributed by atoms with E-state index in [1.165, 1.54) is 0 Å². The number of nitrogens with zero attached hydrogens (tertiary/aromatic N) is 3. The molecular weight excluding hydrogens is 544 g/mol. The molecule has 1 rings (SSSR count). The van der Waals surface area contributed by atoms with Crippen molar-refractivity contribution in [2.75, 3.05) is 72.5 Å². The lowest BCUT2D eigenvalue weighted by Crippen LogP contribution is -2.34.